The fourth-order valence-electron chi connectivity index (χ4n) is 2.72. The van der Waals surface area contributed by atoms with Gasteiger partial charge in [0.05, 0.1) is 22.9 Å². The van der Waals surface area contributed by atoms with Gasteiger partial charge in [-0.15, -0.1) is 15.7 Å². The van der Waals surface area contributed by atoms with E-state index >= 15 is 0 Å². The summed E-state index contributed by atoms with van der Waals surface area (Å²) in [7, 11) is 1.73. The fourth-order valence-corrected chi connectivity index (χ4v) is 5.55. The van der Waals surface area contributed by atoms with E-state index in [1.807, 2.05) is 31.6 Å². The molecule has 0 atom stereocenters. The quantitative estimate of drug-likeness (QED) is 0.0452. The molecule has 10 N–H and O–H groups in total. The Kier molecular flexibility index (Phi) is 16.8. The molecule has 0 aliphatic carbocycles. The molecule has 2 aromatic rings. The van der Waals surface area contributed by atoms with Crippen LogP contribution in [-0.4, -0.2) is 74.2 Å². The molecule has 20 heteroatoms. The van der Waals surface area contributed by atoms with Crippen molar-refractivity contribution in [2.45, 2.75) is 24.5 Å². The van der Waals surface area contributed by atoms with Crippen LogP contribution in [0.5, 0.6) is 0 Å². The first-order chi connectivity index (χ1) is 19.3. The van der Waals surface area contributed by atoms with Crippen LogP contribution in [0.1, 0.15) is 23.6 Å². The molecule has 0 aliphatic rings. The summed E-state index contributed by atoms with van der Waals surface area (Å²) in [4.78, 5) is 19.9. The number of nitrogens with two attached hydrogens (primary N) is 4. The van der Waals surface area contributed by atoms with E-state index < -0.39 is 15.1 Å². The topological polar surface area (TPSA) is 259 Å². The number of guanidine groups is 1. The van der Waals surface area contributed by atoms with Crippen molar-refractivity contribution in [1.82, 2.24) is 20.5 Å². The Balaban J connectivity index is 0.000000410. The minimum atomic E-state index is -3.92. The second-order valence-electron chi connectivity index (χ2n) is 8.22. The molecule has 41 heavy (non-hydrogen) atoms. The van der Waals surface area contributed by atoms with E-state index in [-0.39, 0.29) is 11.8 Å². The van der Waals surface area contributed by atoms with Crippen LogP contribution in [0, 0.1) is 10.1 Å². The van der Waals surface area contributed by atoms with Crippen molar-refractivity contribution in [2.75, 3.05) is 39.2 Å². The number of furan rings is 1. The van der Waals surface area contributed by atoms with Gasteiger partial charge in [0.1, 0.15) is 17.4 Å². The molecule has 0 saturated heterocycles. The van der Waals surface area contributed by atoms with Gasteiger partial charge in [-0.05, 0) is 26.2 Å². The third-order valence-corrected chi connectivity index (χ3v) is 7.51. The van der Waals surface area contributed by atoms with Gasteiger partial charge in [0.25, 0.3) is 6.20 Å². The van der Waals surface area contributed by atoms with E-state index in [2.05, 4.69) is 29.9 Å². The fraction of sp³-hybridized carbons (Fsp3) is 0.476. The predicted octanol–water partition coefficient (Wildman–Crippen LogP) is 0.691. The summed E-state index contributed by atoms with van der Waals surface area (Å²) < 4.78 is 30.2. The number of aliphatic imine (C=N–C) groups is 1. The SMILES string of the molecule is CN/C(=C/[N+](=O)[O-])NCCSCc1ccc(CN(C)C)o1.NC(N)=Nc1nc(CSCCC(N)=NS(N)(=O)=O)cs1. The van der Waals surface area contributed by atoms with Crippen LogP contribution in [0.2, 0.25) is 0 Å². The van der Waals surface area contributed by atoms with Gasteiger partial charge in [-0.1, -0.05) is 0 Å². The molecule has 0 amide bonds. The van der Waals surface area contributed by atoms with E-state index in [0.29, 0.717) is 35.4 Å². The van der Waals surface area contributed by atoms with Gasteiger partial charge in [0.2, 0.25) is 5.13 Å². The van der Waals surface area contributed by atoms with E-state index in [1.54, 1.807) is 18.8 Å². The normalized spacial score (nSPS) is 12.0. The molecule has 230 valence electrons. The molecule has 0 fully saturated rings. The summed E-state index contributed by atoms with van der Waals surface area (Å²) in [5, 5.41) is 23.1. The lowest BCUT2D eigenvalue weighted by Gasteiger charge is -2.07. The molecule has 0 radical (unpaired) electrons. The van der Waals surface area contributed by atoms with Crippen LogP contribution in [0.15, 0.2) is 43.3 Å². The first-order valence-corrected chi connectivity index (χ1v) is 16.5. The lowest BCUT2D eigenvalue weighted by atomic mass is 10.4. The number of nitrogens with zero attached hydrogens (tertiary/aromatic N) is 5. The average molecular weight is 652 g/mol. The van der Waals surface area contributed by atoms with Crippen molar-refractivity contribution in [3.8, 4) is 0 Å². The van der Waals surface area contributed by atoms with Crippen LogP contribution in [0.25, 0.3) is 0 Å². The van der Waals surface area contributed by atoms with Crippen molar-refractivity contribution in [3.63, 3.8) is 0 Å². The summed E-state index contributed by atoms with van der Waals surface area (Å²) in [5.41, 5.74) is 16.7. The van der Waals surface area contributed by atoms with Crippen LogP contribution in [0.4, 0.5) is 5.13 Å². The average Bonchev–Trinajstić information content (AvgIpc) is 3.48. The van der Waals surface area contributed by atoms with Gasteiger partial charge in [-0.2, -0.15) is 36.9 Å². The lowest BCUT2D eigenvalue weighted by Crippen LogP contribution is -2.26. The Bertz CT molecular complexity index is 1270. The second kappa shape index (κ2) is 19.1. The molecule has 2 aromatic heterocycles. The van der Waals surface area contributed by atoms with E-state index in [1.165, 1.54) is 23.1 Å². The monoisotopic (exact) mass is 651 g/mol. The minimum Gasteiger partial charge on any atom is -0.464 e. The smallest absolute Gasteiger partial charge is 0.318 e. The number of rotatable bonds is 17. The Labute approximate surface area is 251 Å². The number of thiazole rings is 1. The van der Waals surface area contributed by atoms with E-state index in [9.17, 15) is 18.5 Å². The number of aromatic nitrogens is 1. The van der Waals surface area contributed by atoms with Crippen LogP contribution in [0.3, 0.4) is 0 Å². The van der Waals surface area contributed by atoms with E-state index in [4.69, 9.17) is 26.8 Å². The summed E-state index contributed by atoms with van der Waals surface area (Å²) in [6, 6.07) is 3.98. The number of nitrogens with one attached hydrogen (secondary N) is 2. The zero-order valence-electron chi connectivity index (χ0n) is 23.0. The van der Waals surface area contributed by atoms with E-state index in [0.717, 1.165) is 41.5 Å². The zero-order chi connectivity index (χ0) is 30.8. The van der Waals surface area contributed by atoms with Gasteiger partial charge in [0, 0.05) is 42.7 Å². The summed E-state index contributed by atoms with van der Waals surface area (Å²) in [6.07, 6.45) is 1.25. The summed E-state index contributed by atoms with van der Waals surface area (Å²) in [6.45, 7) is 1.44. The highest BCUT2D eigenvalue weighted by atomic mass is 32.2. The predicted molar refractivity (Wildman–Crippen MR) is 167 cm³/mol. The van der Waals surface area contributed by atoms with Gasteiger partial charge < -0.3 is 37.2 Å². The lowest BCUT2D eigenvalue weighted by molar-refractivity contribution is -0.404. The van der Waals surface area contributed by atoms with Gasteiger partial charge >= 0.3 is 10.2 Å². The molecule has 2 heterocycles. The molecule has 16 nitrogen and oxygen atoms in total. The standard InChI is InChI=1S/C13H22N4O3S.C8H15N7O2S3/c1-14-13(9-17(18)19)15-6-7-21-10-12-5-4-11(20-12)8-16(2)3;9-6(15-20(12,16)17)1-2-18-3-5-4-19-8(13-5)14-7(10)11/h4-5,9,14-15H,6-8,10H2,1-3H3;4H,1-3H2,(H2,9,15)(H2,12,16,17)(H4,10,11,13,14)/b13-9-;. The van der Waals surface area contributed by atoms with Crippen LogP contribution >= 0.6 is 34.9 Å². The number of nitro groups is 1. The van der Waals surface area contributed by atoms with Crippen LogP contribution in [-0.2, 0) is 28.3 Å². The summed E-state index contributed by atoms with van der Waals surface area (Å²) in [5.74, 6) is 5.13. The minimum absolute atomic E-state index is 0.0144. The number of amidine groups is 1. The molecule has 0 aliphatic heterocycles. The third kappa shape index (κ3) is 18.8. The highest BCUT2D eigenvalue weighted by molar-refractivity contribution is 7.98. The largest absolute Gasteiger partial charge is 0.464 e. The number of hydrogen-bond acceptors (Lipinski definition) is 13. The molecule has 0 saturated carbocycles. The van der Waals surface area contributed by atoms with Gasteiger partial charge in [-0.3, -0.25) is 10.1 Å². The zero-order valence-corrected chi connectivity index (χ0v) is 26.2. The van der Waals surface area contributed by atoms with Gasteiger partial charge in [0.15, 0.2) is 11.8 Å². The van der Waals surface area contributed by atoms with Crippen molar-refractivity contribution >= 4 is 62.0 Å². The maximum Gasteiger partial charge on any atom is 0.318 e. The highest BCUT2D eigenvalue weighted by Gasteiger charge is 2.05. The van der Waals surface area contributed by atoms with Crippen LogP contribution < -0.4 is 33.0 Å². The molecule has 0 bridgehead atoms. The van der Waals surface area contributed by atoms with Crippen molar-refractivity contribution in [1.29, 1.82) is 0 Å². The molecular formula is C21H37N11O5S4. The third-order valence-electron chi connectivity index (χ3n) is 4.26. The van der Waals surface area contributed by atoms with Crippen molar-refractivity contribution in [3.05, 3.63) is 56.9 Å². The van der Waals surface area contributed by atoms with Crippen molar-refractivity contribution < 1.29 is 17.8 Å². The maximum absolute atomic E-state index is 10.6. The first kappa shape index (κ1) is 36.0. The molecule has 0 unspecified atom stereocenters. The Morgan fingerprint density at radius 3 is 2.51 bits per heavy atom. The number of thioether (sulfide) groups is 2. The Morgan fingerprint density at radius 1 is 1.22 bits per heavy atom. The molecular weight excluding hydrogens is 615 g/mol. The van der Waals surface area contributed by atoms with Gasteiger partial charge in [-0.25, -0.2) is 10.1 Å². The Hall–Kier alpha value is -3.04. The molecule has 0 spiro atoms. The second-order valence-corrected chi connectivity index (χ2v) is 12.5. The maximum atomic E-state index is 10.6. The molecule has 0 aromatic carbocycles. The highest BCUT2D eigenvalue weighted by Crippen LogP contribution is 2.22. The first-order valence-electron chi connectivity index (χ1n) is 11.8. The van der Waals surface area contributed by atoms with Crippen molar-refractivity contribution in [2.24, 2.45) is 31.7 Å². The number of hydrogen-bond donors (Lipinski definition) is 6. The Morgan fingerprint density at radius 2 is 1.90 bits per heavy atom. The summed E-state index contributed by atoms with van der Waals surface area (Å²) >= 11 is 4.58. The molecule has 2 rings (SSSR count).